The first-order valence-corrected chi connectivity index (χ1v) is 10.7. The van der Waals surface area contributed by atoms with Crippen molar-refractivity contribution in [3.63, 3.8) is 0 Å². The van der Waals surface area contributed by atoms with Crippen molar-refractivity contribution in [1.82, 2.24) is 5.48 Å². The molecule has 7 nitrogen and oxygen atoms in total. The Hall–Kier alpha value is -2.20. The fraction of sp³-hybridized carbons (Fsp3) is 0.316. The molecule has 1 heterocycles. The lowest BCUT2D eigenvalue weighted by Crippen LogP contribution is -2.33. The summed E-state index contributed by atoms with van der Waals surface area (Å²) < 4.78 is 45.3. The van der Waals surface area contributed by atoms with Crippen LogP contribution in [-0.4, -0.2) is 34.3 Å². The Labute approximate surface area is 173 Å². The number of halogens is 2. The van der Waals surface area contributed by atoms with Gasteiger partial charge in [-0.25, -0.2) is 23.1 Å². The van der Waals surface area contributed by atoms with E-state index in [0.29, 0.717) is 13.0 Å². The molecule has 1 aliphatic rings. The van der Waals surface area contributed by atoms with E-state index >= 15 is 0 Å². The van der Waals surface area contributed by atoms with Crippen LogP contribution < -0.4 is 9.79 Å². The molecule has 1 amide bonds. The molecular weight excluding hydrogens is 423 g/mol. The van der Waals surface area contributed by atoms with Crippen LogP contribution >= 0.6 is 11.6 Å². The fourth-order valence-electron chi connectivity index (χ4n) is 2.77. The molecule has 1 N–H and O–H groups in total. The summed E-state index contributed by atoms with van der Waals surface area (Å²) in [5.74, 6) is -1.17. The molecule has 0 aliphatic carbocycles. The van der Waals surface area contributed by atoms with Crippen molar-refractivity contribution in [2.24, 2.45) is 0 Å². The summed E-state index contributed by atoms with van der Waals surface area (Å²) in [6.45, 7) is 0.546. The largest absolute Gasteiger partial charge is 0.350 e. The van der Waals surface area contributed by atoms with Crippen LogP contribution in [-0.2, 0) is 19.6 Å². The van der Waals surface area contributed by atoms with E-state index in [2.05, 4.69) is 5.48 Å². The van der Waals surface area contributed by atoms with Crippen LogP contribution in [0.1, 0.15) is 29.6 Å². The standard InChI is InChI=1S/C19H20ClFN2O5S/c1-23(14-7-5-13(21)6-8-14)29(25,26)15-9-10-17(20)16(12-15)19(24)22-28-18-4-2-3-11-27-18/h5-10,12,18H,2-4,11H2,1H3,(H,22,24). The van der Waals surface area contributed by atoms with E-state index in [1.54, 1.807) is 0 Å². The number of anilines is 1. The van der Waals surface area contributed by atoms with Crippen LogP contribution in [0.25, 0.3) is 0 Å². The number of rotatable bonds is 6. The summed E-state index contributed by atoms with van der Waals surface area (Å²) in [5, 5.41) is 0.0686. The second-order valence-corrected chi connectivity index (χ2v) is 8.81. The Balaban J connectivity index is 1.79. The normalized spacial score (nSPS) is 17.0. The van der Waals surface area contributed by atoms with Crippen LogP contribution in [0.5, 0.6) is 0 Å². The first-order chi connectivity index (χ1) is 13.8. The maximum absolute atomic E-state index is 13.1. The number of ether oxygens (including phenoxy) is 1. The van der Waals surface area contributed by atoms with Crippen molar-refractivity contribution in [1.29, 1.82) is 0 Å². The minimum Gasteiger partial charge on any atom is -0.350 e. The number of hydrogen-bond donors (Lipinski definition) is 1. The molecule has 3 rings (SSSR count). The highest BCUT2D eigenvalue weighted by molar-refractivity contribution is 7.92. The molecule has 1 saturated heterocycles. The first kappa shape index (κ1) is 21.5. The van der Waals surface area contributed by atoms with Gasteiger partial charge in [0, 0.05) is 20.1 Å². The quantitative estimate of drug-likeness (QED) is 0.692. The average Bonchev–Trinajstić information content (AvgIpc) is 2.73. The summed E-state index contributed by atoms with van der Waals surface area (Å²) in [7, 11) is -2.67. The van der Waals surface area contributed by atoms with E-state index in [0.717, 1.165) is 35.3 Å². The van der Waals surface area contributed by atoms with Gasteiger partial charge >= 0.3 is 0 Å². The molecule has 1 aliphatic heterocycles. The van der Waals surface area contributed by atoms with Gasteiger partial charge in [0.05, 0.1) is 21.2 Å². The maximum atomic E-state index is 13.1. The second-order valence-electron chi connectivity index (χ2n) is 6.44. The van der Waals surface area contributed by atoms with E-state index in [1.807, 2.05) is 0 Å². The number of hydroxylamine groups is 1. The summed E-state index contributed by atoms with van der Waals surface area (Å²) in [5.41, 5.74) is 2.47. The van der Waals surface area contributed by atoms with Gasteiger partial charge in [0.2, 0.25) is 0 Å². The number of benzene rings is 2. The third-order valence-electron chi connectivity index (χ3n) is 4.45. The van der Waals surface area contributed by atoms with Crippen LogP contribution in [0.2, 0.25) is 5.02 Å². The fourth-order valence-corrected chi connectivity index (χ4v) is 4.19. The number of carbonyl (C=O) groups excluding carboxylic acids is 1. The first-order valence-electron chi connectivity index (χ1n) is 8.90. The van der Waals surface area contributed by atoms with Crippen molar-refractivity contribution >= 4 is 33.2 Å². The van der Waals surface area contributed by atoms with E-state index in [9.17, 15) is 17.6 Å². The van der Waals surface area contributed by atoms with Crippen LogP contribution in [0.3, 0.4) is 0 Å². The van der Waals surface area contributed by atoms with Crippen molar-refractivity contribution in [2.75, 3.05) is 18.0 Å². The molecule has 29 heavy (non-hydrogen) atoms. The second kappa shape index (κ2) is 9.08. The van der Waals surface area contributed by atoms with Gasteiger partial charge in [-0.05, 0) is 55.3 Å². The lowest BCUT2D eigenvalue weighted by molar-refractivity contribution is -0.186. The Bertz CT molecular complexity index is 979. The monoisotopic (exact) mass is 442 g/mol. The Kier molecular flexibility index (Phi) is 6.74. The van der Waals surface area contributed by atoms with Gasteiger partial charge in [-0.2, -0.15) is 0 Å². The predicted molar refractivity (Wildman–Crippen MR) is 106 cm³/mol. The molecule has 10 heteroatoms. The van der Waals surface area contributed by atoms with Gasteiger partial charge < -0.3 is 4.74 Å². The summed E-state index contributed by atoms with van der Waals surface area (Å²) in [4.78, 5) is 17.5. The number of sulfonamides is 1. The SMILES string of the molecule is CN(c1ccc(F)cc1)S(=O)(=O)c1ccc(Cl)c(C(=O)NOC2CCCCO2)c1. The Morgan fingerprint density at radius 1 is 1.24 bits per heavy atom. The molecule has 1 unspecified atom stereocenters. The minimum absolute atomic E-state index is 0.0592. The highest BCUT2D eigenvalue weighted by atomic mass is 35.5. The van der Waals surface area contributed by atoms with Gasteiger partial charge in [-0.15, -0.1) is 0 Å². The van der Waals surface area contributed by atoms with Crippen molar-refractivity contribution in [3.05, 3.63) is 58.9 Å². The summed E-state index contributed by atoms with van der Waals surface area (Å²) >= 11 is 6.08. The lowest BCUT2D eigenvalue weighted by atomic mass is 10.2. The number of hydrogen-bond acceptors (Lipinski definition) is 5. The molecule has 156 valence electrons. The number of nitrogens with one attached hydrogen (secondary N) is 1. The molecule has 2 aromatic rings. The Morgan fingerprint density at radius 2 is 1.97 bits per heavy atom. The van der Waals surface area contributed by atoms with E-state index in [1.165, 1.54) is 31.3 Å². The number of carbonyl (C=O) groups is 1. The van der Waals surface area contributed by atoms with Crippen molar-refractivity contribution in [2.45, 2.75) is 30.4 Å². The average molecular weight is 443 g/mol. The van der Waals surface area contributed by atoms with Gasteiger partial charge in [-0.3, -0.25) is 9.10 Å². The zero-order valence-corrected chi connectivity index (χ0v) is 17.2. The summed E-state index contributed by atoms with van der Waals surface area (Å²) in [6.07, 6.45) is 1.94. The molecule has 0 saturated carbocycles. The van der Waals surface area contributed by atoms with Crippen molar-refractivity contribution < 1.29 is 27.2 Å². The lowest BCUT2D eigenvalue weighted by Gasteiger charge is -2.22. The minimum atomic E-state index is -4.01. The molecule has 0 aromatic heterocycles. The van der Waals surface area contributed by atoms with Crippen LogP contribution in [0, 0.1) is 5.82 Å². The molecule has 1 atom stereocenters. The molecule has 0 radical (unpaired) electrons. The zero-order chi connectivity index (χ0) is 21.0. The van der Waals surface area contributed by atoms with Gasteiger partial charge in [0.1, 0.15) is 5.82 Å². The zero-order valence-electron chi connectivity index (χ0n) is 15.6. The molecule has 1 fully saturated rings. The smallest absolute Gasteiger partial charge is 0.276 e. The maximum Gasteiger partial charge on any atom is 0.276 e. The topological polar surface area (TPSA) is 84.9 Å². The number of nitrogens with zero attached hydrogens (tertiary/aromatic N) is 1. The van der Waals surface area contributed by atoms with Crippen molar-refractivity contribution in [3.8, 4) is 0 Å². The van der Waals surface area contributed by atoms with Gasteiger partial charge in [0.15, 0.2) is 6.29 Å². The molecule has 0 bridgehead atoms. The molecule has 2 aromatic carbocycles. The van der Waals surface area contributed by atoms with Gasteiger partial charge in [-0.1, -0.05) is 11.6 Å². The number of amides is 1. The summed E-state index contributed by atoms with van der Waals surface area (Å²) in [6, 6.07) is 8.78. The molecular formula is C19H20ClFN2O5S. The Morgan fingerprint density at radius 3 is 2.62 bits per heavy atom. The van der Waals surface area contributed by atoms with E-state index in [-0.39, 0.29) is 21.2 Å². The van der Waals surface area contributed by atoms with Crippen LogP contribution in [0.15, 0.2) is 47.4 Å². The third-order valence-corrected chi connectivity index (χ3v) is 6.56. The predicted octanol–water partition coefficient (Wildman–Crippen LogP) is 3.49. The highest BCUT2D eigenvalue weighted by Gasteiger charge is 2.24. The molecule has 0 spiro atoms. The van der Waals surface area contributed by atoms with E-state index < -0.39 is 28.0 Å². The third kappa shape index (κ3) is 5.05. The highest BCUT2D eigenvalue weighted by Crippen LogP contribution is 2.26. The van der Waals surface area contributed by atoms with E-state index in [4.69, 9.17) is 21.2 Å². The van der Waals surface area contributed by atoms with Gasteiger partial charge in [0.25, 0.3) is 15.9 Å². The van der Waals surface area contributed by atoms with Crippen LogP contribution in [0.4, 0.5) is 10.1 Å².